The molecule has 1 aromatic carbocycles. The number of carbonyl (C=O) groups is 1. The van der Waals surface area contributed by atoms with Crippen molar-refractivity contribution in [2.45, 2.75) is 25.9 Å². The van der Waals surface area contributed by atoms with E-state index in [1.54, 1.807) is 19.1 Å². The molecule has 0 amide bonds. The van der Waals surface area contributed by atoms with Crippen LogP contribution in [0, 0.1) is 11.3 Å². The largest absolute Gasteiger partial charge is 0.435 e. The Bertz CT molecular complexity index is 488. The molecule has 2 rings (SSSR count). The summed E-state index contributed by atoms with van der Waals surface area (Å²) in [6.45, 7) is -1.12. The predicted molar refractivity (Wildman–Crippen MR) is 62.3 cm³/mol. The van der Waals surface area contributed by atoms with E-state index in [0.29, 0.717) is 17.7 Å². The number of Topliss-reactive ketones (excluding diaryl/α,β-unsaturated/α-hetero) is 1. The van der Waals surface area contributed by atoms with Crippen LogP contribution in [-0.4, -0.2) is 18.1 Å². The lowest BCUT2D eigenvalue weighted by molar-refractivity contribution is -0.121. The van der Waals surface area contributed by atoms with Crippen LogP contribution in [0.3, 0.4) is 0 Å². The maximum absolute atomic E-state index is 12.1. The molecule has 0 spiro atoms. The van der Waals surface area contributed by atoms with Crippen molar-refractivity contribution in [3.05, 3.63) is 29.8 Å². The molecule has 0 aliphatic heterocycles. The molecule has 0 heterocycles. The number of alkyl halides is 2. The van der Waals surface area contributed by atoms with E-state index in [4.69, 9.17) is 5.41 Å². The molecule has 0 bridgehead atoms. The Morgan fingerprint density at radius 3 is 2.72 bits per heavy atom. The number of carbonyl (C=O) groups excluding carboxylic acids is 1. The van der Waals surface area contributed by atoms with Gasteiger partial charge in [0, 0.05) is 11.6 Å². The van der Waals surface area contributed by atoms with Gasteiger partial charge in [-0.1, -0.05) is 19.1 Å². The maximum atomic E-state index is 12.1. The summed E-state index contributed by atoms with van der Waals surface area (Å²) >= 11 is 0. The van der Waals surface area contributed by atoms with Gasteiger partial charge in [-0.25, -0.2) is 0 Å². The van der Waals surface area contributed by atoms with Gasteiger partial charge in [-0.3, -0.25) is 4.79 Å². The van der Waals surface area contributed by atoms with Crippen LogP contribution in [0.25, 0.3) is 0 Å². The quantitative estimate of drug-likeness (QED) is 0.900. The van der Waals surface area contributed by atoms with Gasteiger partial charge in [0.25, 0.3) is 0 Å². The average Bonchev–Trinajstić information content (AvgIpc) is 2.52. The zero-order valence-electron chi connectivity index (χ0n) is 9.82. The summed E-state index contributed by atoms with van der Waals surface area (Å²) in [5.74, 6) is -0.805. The van der Waals surface area contributed by atoms with Gasteiger partial charge in [0.05, 0.1) is 5.92 Å². The summed E-state index contributed by atoms with van der Waals surface area (Å²) in [5, 5.41) is 7.81. The number of halogens is 2. The summed E-state index contributed by atoms with van der Waals surface area (Å²) in [5.41, 5.74) is 0.884. The Morgan fingerprint density at radius 1 is 1.44 bits per heavy atom. The summed E-state index contributed by atoms with van der Waals surface area (Å²) in [7, 11) is 0. The first-order valence-electron chi connectivity index (χ1n) is 5.65. The molecule has 0 radical (unpaired) electrons. The molecular weight excluding hydrogens is 240 g/mol. The van der Waals surface area contributed by atoms with Crippen LogP contribution in [0.15, 0.2) is 24.3 Å². The maximum Gasteiger partial charge on any atom is 0.387 e. The third-order valence-corrected chi connectivity index (χ3v) is 3.06. The molecule has 1 aromatic rings. The second-order valence-corrected chi connectivity index (χ2v) is 4.42. The highest BCUT2D eigenvalue weighted by Crippen LogP contribution is 2.33. The normalized spacial score (nSPS) is 23.8. The van der Waals surface area contributed by atoms with Crippen molar-refractivity contribution in [3.8, 4) is 5.75 Å². The van der Waals surface area contributed by atoms with E-state index in [-0.39, 0.29) is 17.5 Å². The molecule has 1 fully saturated rings. The van der Waals surface area contributed by atoms with Crippen LogP contribution >= 0.6 is 0 Å². The van der Waals surface area contributed by atoms with Crippen LogP contribution in [0.1, 0.15) is 24.8 Å². The van der Waals surface area contributed by atoms with E-state index in [1.165, 1.54) is 12.1 Å². The van der Waals surface area contributed by atoms with Gasteiger partial charge < -0.3 is 10.1 Å². The molecule has 1 N–H and O–H groups in total. The van der Waals surface area contributed by atoms with Crippen molar-refractivity contribution < 1.29 is 18.3 Å². The van der Waals surface area contributed by atoms with Crippen molar-refractivity contribution in [1.82, 2.24) is 0 Å². The van der Waals surface area contributed by atoms with Gasteiger partial charge in [0.15, 0.2) is 0 Å². The monoisotopic (exact) mass is 253 g/mol. The van der Waals surface area contributed by atoms with E-state index in [2.05, 4.69) is 4.74 Å². The Morgan fingerprint density at radius 2 is 2.17 bits per heavy atom. The first kappa shape index (κ1) is 12.7. The molecule has 0 saturated heterocycles. The van der Waals surface area contributed by atoms with Crippen LogP contribution in [-0.2, 0) is 4.79 Å². The molecular formula is C13H13F2NO2. The molecule has 1 aliphatic carbocycles. The highest BCUT2D eigenvalue weighted by Gasteiger charge is 2.36. The minimum absolute atomic E-state index is 0.0163. The summed E-state index contributed by atoms with van der Waals surface area (Å²) in [4.78, 5) is 11.9. The Hall–Kier alpha value is -1.78. The van der Waals surface area contributed by atoms with Gasteiger partial charge in [-0.05, 0) is 24.1 Å². The fourth-order valence-electron chi connectivity index (χ4n) is 2.24. The number of rotatable bonds is 3. The smallest absolute Gasteiger partial charge is 0.387 e. The van der Waals surface area contributed by atoms with Crippen LogP contribution < -0.4 is 4.74 Å². The van der Waals surface area contributed by atoms with Crippen molar-refractivity contribution in [2.24, 2.45) is 5.92 Å². The average molecular weight is 253 g/mol. The lowest BCUT2D eigenvalue weighted by atomic mass is 9.94. The Balaban J connectivity index is 2.28. The van der Waals surface area contributed by atoms with E-state index in [9.17, 15) is 13.6 Å². The third-order valence-electron chi connectivity index (χ3n) is 3.06. The molecule has 3 nitrogen and oxygen atoms in total. The standard InChI is InChI=1S/C13H13F2NO2/c1-7-5-10(16)11(12(7)17)8-3-2-4-9(6-8)18-13(14)15/h2-4,6-7,11,13,16H,5H2,1H3. The fourth-order valence-corrected chi connectivity index (χ4v) is 2.24. The van der Waals surface area contributed by atoms with Crippen molar-refractivity contribution in [2.75, 3.05) is 0 Å². The van der Waals surface area contributed by atoms with Gasteiger partial charge in [0.1, 0.15) is 11.5 Å². The van der Waals surface area contributed by atoms with Crippen molar-refractivity contribution >= 4 is 11.5 Å². The van der Waals surface area contributed by atoms with Gasteiger partial charge >= 0.3 is 6.61 Å². The number of hydrogen-bond donors (Lipinski definition) is 1. The van der Waals surface area contributed by atoms with E-state index in [0.717, 1.165) is 0 Å². The van der Waals surface area contributed by atoms with E-state index in [1.807, 2.05) is 0 Å². The van der Waals surface area contributed by atoms with Crippen molar-refractivity contribution in [3.63, 3.8) is 0 Å². The van der Waals surface area contributed by atoms with Gasteiger partial charge in [0.2, 0.25) is 0 Å². The fraction of sp³-hybridized carbons (Fsp3) is 0.385. The number of hydrogen-bond acceptors (Lipinski definition) is 3. The second-order valence-electron chi connectivity index (χ2n) is 4.42. The molecule has 0 aromatic heterocycles. The lowest BCUT2D eigenvalue weighted by Gasteiger charge is -2.11. The molecule has 18 heavy (non-hydrogen) atoms. The minimum Gasteiger partial charge on any atom is -0.435 e. The Labute approximate surface area is 103 Å². The molecule has 2 atom stereocenters. The second kappa shape index (κ2) is 4.84. The number of nitrogens with one attached hydrogen (secondary N) is 1. The first-order chi connectivity index (χ1) is 8.49. The van der Waals surface area contributed by atoms with Crippen molar-refractivity contribution in [1.29, 1.82) is 5.41 Å². The highest BCUT2D eigenvalue weighted by atomic mass is 19.3. The number of benzene rings is 1. The van der Waals surface area contributed by atoms with Crippen LogP contribution in [0.4, 0.5) is 8.78 Å². The van der Waals surface area contributed by atoms with E-state index < -0.39 is 12.5 Å². The first-order valence-corrected chi connectivity index (χ1v) is 5.65. The zero-order valence-corrected chi connectivity index (χ0v) is 9.82. The SMILES string of the molecule is CC1CC(=N)C(c2cccc(OC(F)F)c2)C1=O. The molecule has 96 valence electrons. The molecule has 1 aliphatic rings. The summed E-state index contributed by atoms with van der Waals surface area (Å²) in [6, 6.07) is 6.02. The van der Waals surface area contributed by atoms with E-state index >= 15 is 0 Å². The Kier molecular flexibility index (Phi) is 3.41. The van der Waals surface area contributed by atoms with Gasteiger partial charge in [-0.15, -0.1) is 0 Å². The number of ketones is 1. The lowest BCUT2D eigenvalue weighted by Crippen LogP contribution is -2.14. The highest BCUT2D eigenvalue weighted by molar-refractivity contribution is 6.15. The molecule has 2 unspecified atom stereocenters. The molecule has 5 heteroatoms. The predicted octanol–water partition coefficient (Wildman–Crippen LogP) is 3.00. The molecule has 1 saturated carbocycles. The summed E-state index contributed by atoms with van der Waals surface area (Å²) < 4.78 is 28.5. The zero-order chi connectivity index (χ0) is 13.3. The summed E-state index contributed by atoms with van der Waals surface area (Å²) in [6.07, 6.45) is 0.434. The third kappa shape index (κ3) is 2.39. The van der Waals surface area contributed by atoms with Crippen LogP contribution in [0.5, 0.6) is 5.75 Å². The van der Waals surface area contributed by atoms with Gasteiger partial charge in [-0.2, -0.15) is 8.78 Å². The topological polar surface area (TPSA) is 50.1 Å². The number of ether oxygens (including phenoxy) is 1. The minimum atomic E-state index is -2.89. The van der Waals surface area contributed by atoms with Crippen LogP contribution in [0.2, 0.25) is 0 Å².